The van der Waals surface area contributed by atoms with E-state index in [0.717, 1.165) is 24.3 Å². The number of nitrogens with zero attached hydrogens (tertiary/aromatic N) is 1. The van der Waals surface area contributed by atoms with Crippen molar-refractivity contribution >= 4 is 12.4 Å². The zero-order chi connectivity index (χ0) is 14.4. The average Bonchev–Trinajstić information content (AvgIpc) is 2.52. The summed E-state index contributed by atoms with van der Waals surface area (Å²) in [5.74, 6) is 1.95. The van der Waals surface area contributed by atoms with Gasteiger partial charge < -0.3 is 9.64 Å². The summed E-state index contributed by atoms with van der Waals surface area (Å²) >= 11 is 0. The lowest BCUT2D eigenvalue weighted by molar-refractivity contribution is 0.00271. The van der Waals surface area contributed by atoms with Gasteiger partial charge in [0.2, 0.25) is 0 Å². The number of likely N-dealkylation sites (N-methyl/N-ethyl adjacent to an activating group) is 1. The fraction of sp³-hybridized carbons (Fsp3) is 0.684. The van der Waals surface area contributed by atoms with Crippen molar-refractivity contribution in [3.63, 3.8) is 0 Å². The lowest BCUT2D eigenvalue weighted by Crippen LogP contribution is -2.59. The maximum atomic E-state index is 5.80. The average molecular weight is 322 g/mol. The number of likely N-dealkylation sites (tertiary alicyclic amines) is 1. The molecular weight excluding hydrogens is 294 g/mol. The van der Waals surface area contributed by atoms with E-state index in [1.807, 2.05) is 0 Å². The van der Waals surface area contributed by atoms with Gasteiger partial charge in [0.25, 0.3) is 0 Å². The first-order valence-electron chi connectivity index (χ1n) is 8.71. The molecule has 0 amide bonds. The van der Waals surface area contributed by atoms with Crippen LogP contribution in [0, 0.1) is 5.92 Å². The zero-order valence-corrected chi connectivity index (χ0v) is 14.6. The molecule has 1 heterocycles. The SMILES string of the molecule is CCOc1ccc2c(c1)[C@@]13CCCC[C@@H]1[C@@H](C2)N(C)CC3.Cl. The molecule has 1 aromatic rings. The Labute approximate surface area is 140 Å². The summed E-state index contributed by atoms with van der Waals surface area (Å²) in [5, 5.41) is 0. The number of piperidine rings is 1. The van der Waals surface area contributed by atoms with Gasteiger partial charge in [-0.1, -0.05) is 18.9 Å². The molecule has 3 aliphatic rings. The van der Waals surface area contributed by atoms with Crippen LogP contribution >= 0.6 is 12.4 Å². The van der Waals surface area contributed by atoms with Crippen molar-refractivity contribution in [3.8, 4) is 5.75 Å². The number of rotatable bonds is 2. The second-order valence-corrected chi connectivity index (χ2v) is 7.26. The predicted octanol–water partition coefficient (Wildman–Crippen LogP) is 4.20. The van der Waals surface area contributed by atoms with Gasteiger partial charge in [-0.15, -0.1) is 12.4 Å². The highest BCUT2D eigenvalue weighted by atomic mass is 35.5. The minimum atomic E-state index is 0. The third-order valence-electron chi connectivity index (χ3n) is 6.40. The van der Waals surface area contributed by atoms with Crippen LogP contribution in [-0.2, 0) is 11.8 Å². The van der Waals surface area contributed by atoms with Crippen LogP contribution in [0.2, 0.25) is 0 Å². The molecule has 122 valence electrons. The molecule has 2 fully saturated rings. The van der Waals surface area contributed by atoms with Crippen LogP contribution in [0.3, 0.4) is 0 Å². The first-order chi connectivity index (χ1) is 10.2. The molecule has 0 aromatic heterocycles. The predicted molar refractivity (Wildman–Crippen MR) is 93.2 cm³/mol. The summed E-state index contributed by atoms with van der Waals surface area (Å²) in [6.45, 7) is 4.10. The quantitative estimate of drug-likeness (QED) is 0.809. The van der Waals surface area contributed by atoms with Crippen molar-refractivity contribution < 1.29 is 4.74 Å². The Kier molecular flexibility index (Phi) is 4.44. The Morgan fingerprint density at radius 2 is 2.14 bits per heavy atom. The van der Waals surface area contributed by atoms with Gasteiger partial charge in [-0.3, -0.25) is 0 Å². The van der Waals surface area contributed by atoms with Crippen molar-refractivity contribution in [2.45, 2.75) is 56.9 Å². The van der Waals surface area contributed by atoms with Crippen LogP contribution in [0.15, 0.2) is 18.2 Å². The van der Waals surface area contributed by atoms with E-state index in [-0.39, 0.29) is 12.4 Å². The first kappa shape index (κ1) is 16.1. The first-order valence-corrected chi connectivity index (χ1v) is 8.71. The third-order valence-corrected chi connectivity index (χ3v) is 6.40. The van der Waals surface area contributed by atoms with E-state index in [1.54, 1.807) is 11.1 Å². The van der Waals surface area contributed by atoms with Gasteiger partial charge in [-0.2, -0.15) is 0 Å². The van der Waals surface area contributed by atoms with E-state index in [1.165, 1.54) is 45.1 Å². The van der Waals surface area contributed by atoms with E-state index in [0.29, 0.717) is 5.41 Å². The summed E-state index contributed by atoms with van der Waals surface area (Å²) in [6.07, 6.45) is 8.23. The van der Waals surface area contributed by atoms with Gasteiger partial charge in [0.15, 0.2) is 0 Å². The highest BCUT2D eigenvalue weighted by Crippen LogP contribution is 2.55. The minimum Gasteiger partial charge on any atom is -0.494 e. The summed E-state index contributed by atoms with van der Waals surface area (Å²) in [6, 6.07) is 7.68. The fourth-order valence-corrected chi connectivity index (χ4v) is 5.43. The van der Waals surface area contributed by atoms with Crippen LogP contribution in [0.1, 0.15) is 50.2 Å². The molecule has 1 saturated carbocycles. The van der Waals surface area contributed by atoms with Gasteiger partial charge >= 0.3 is 0 Å². The molecule has 0 unspecified atom stereocenters. The monoisotopic (exact) mass is 321 g/mol. The summed E-state index contributed by atoms with van der Waals surface area (Å²) in [5.41, 5.74) is 3.69. The molecule has 1 aromatic carbocycles. The molecule has 2 nitrogen and oxygen atoms in total. The van der Waals surface area contributed by atoms with Gasteiger partial charge in [-0.05, 0) is 75.4 Å². The highest BCUT2D eigenvalue weighted by molar-refractivity contribution is 5.85. The Balaban J connectivity index is 0.00000144. The lowest BCUT2D eigenvalue weighted by atomic mass is 9.52. The molecule has 3 atom stereocenters. The molecule has 1 aliphatic heterocycles. The van der Waals surface area contributed by atoms with Crippen molar-refractivity contribution in [1.29, 1.82) is 0 Å². The molecule has 1 saturated heterocycles. The second kappa shape index (κ2) is 6.05. The summed E-state index contributed by atoms with van der Waals surface area (Å²) in [7, 11) is 2.34. The molecular formula is C19H28ClNO. The largest absolute Gasteiger partial charge is 0.494 e. The summed E-state index contributed by atoms with van der Waals surface area (Å²) < 4.78 is 5.80. The van der Waals surface area contributed by atoms with Gasteiger partial charge in [0, 0.05) is 11.5 Å². The Bertz CT molecular complexity index is 546. The maximum Gasteiger partial charge on any atom is 0.119 e. The molecule has 2 bridgehead atoms. The second-order valence-electron chi connectivity index (χ2n) is 7.26. The number of halogens is 1. The number of fused-ring (bicyclic) bond motifs is 1. The number of ether oxygens (including phenoxy) is 1. The van der Waals surface area contributed by atoms with Crippen LogP contribution in [0.25, 0.3) is 0 Å². The number of benzene rings is 1. The molecule has 2 aliphatic carbocycles. The van der Waals surface area contributed by atoms with E-state index in [2.05, 4.69) is 37.1 Å². The Morgan fingerprint density at radius 1 is 1.27 bits per heavy atom. The van der Waals surface area contributed by atoms with E-state index >= 15 is 0 Å². The molecule has 0 spiro atoms. The van der Waals surface area contributed by atoms with Crippen molar-refractivity contribution in [3.05, 3.63) is 29.3 Å². The Morgan fingerprint density at radius 3 is 2.95 bits per heavy atom. The normalized spacial score (nSPS) is 33.4. The zero-order valence-electron chi connectivity index (χ0n) is 13.8. The summed E-state index contributed by atoms with van der Waals surface area (Å²) in [4.78, 5) is 2.63. The van der Waals surface area contributed by atoms with Gasteiger partial charge in [0.1, 0.15) is 5.75 Å². The molecule has 0 radical (unpaired) electrons. The number of hydrogen-bond donors (Lipinski definition) is 0. The van der Waals surface area contributed by atoms with Crippen LogP contribution in [0.4, 0.5) is 0 Å². The standard InChI is InChI=1S/C19H27NO.ClH/c1-3-21-15-8-7-14-12-18-16-6-4-5-9-19(16,17(14)13-15)10-11-20(18)2;/h7-8,13,16,18H,3-6,9-12H2,1-2H3;1H/t16-,18-,19-;/m1./s1. The van der Waals surface area contributed by atoms with Crippen molar-refractivity contribution in [2.75, 3.05) is 20.2 Å². The maximum absolute atomic E-state index is 5.80. The van der Waals surface area contributed by atoms with Crippen molar-refractivity contribution in [2.24, 2.45) is 5.92 Å². The highest BCUT2D eigenvalue weighted by Gasteiger charge is 2.53. The van der Waals surface area contributed by atoms with Gasteiger partial charge in [-0.25, -0.2) is 0 Å². The van der Waals surface area contributed by atoms with Crippen LogP contribution in [-0.4, -0.2) is 31.1 Å². The smallest absolute Gasteiger partial charge is 0.119 e. The Hall–Kier alpha value is -0.730. The van der Waals surface area contributed by atoms with E-state index in [9.17, 15) is 0 Å². The lowest BCUT2D eigenvalue weighted by Gasteiger charge is -2.58. The van der Waals surface area contributed by atoms with Gasteiger partial charge in [0.05, 0.1) is 6.61 Å². The van der Waals surface area contributed by atoms with Crippen molar-refractivity contribution in [1.82, 2.24) is 4.90 Å². The van der Waals surface area contributed by atoms with Crippen LogP contribution in [0.5, 0.6) is 5.75 Å². The molecule has 22 heavy (non-hydrogen) atoms. The minimum absolute atomic E-state index is 0. The number of hydrogen-bond acceptors (Lipinski definition) is 2. The molecule has 3 heteroatoms. The topological polar surface area (TPSA) is 12.5 Å². The molecule has 0 N–H and O–H groups in total. The molecule has 4 rings (SSSR count). The fourth-order valence-electron chi connectivity index (χ4n) is 5.43. The van der Waals surface area contributed by atoms with E-state index in [4.69, 9.17) is 4.74 Å². The third kappa shape index (κ3) is 2.27. The van der Waals surface area contributed by atoms with E-state index < -0.39 is 0 Å². The van der Waals surface area contributed by atoms with Crippen LogP contribution < -0.4 is 4.74 Å².